The molecule has 1 aromatic carbocycles. The van der Waals surface area contributed by atoms with Crippen LogP contribution in [0.1, 0.15) is 25.8 Å². The Kier molecular flexibility index (Phi) is 5.55. The topological polar surface area (TPSA) is 117 Å². The molecule has 0 saturated carbocycles. The molecule has 1 aliphatic rings. The number of carbonyl (C=O) groups excluding carboxylic acids is 2. The standard InChI is InChI=1S/C15H20N4O4S/c1-3-16-15(21)10(2)18-13(20)8-9-17-14-11-6-4-5-7-12(11)24(22,23)19-14/h4-7,10H,3,8-9H2,1-2H3,(H,16,21)(H,17,19)(H,18,20)/t10-/m0/s1. The number of amides is 2. The number of nitrogens with zero attached hydrogens (tertiary/aromatic N) is 1. The van der Waals surface area contributed by atoms with Crippen LogP contribution in [0.2, 0.25) is 0 Å². The Morgan fingerprint density at radius 1 is 1.29 bits per heavy atom. The molecule has 24 heavy (non-hydrogen) atoms. The maximum Gasteiger partial charge on any atom is 0.263 e. The van der Waals surface area contributed by atoms with Crippen molar-refractivity contribution in [2.45, 2.75) is 31.2 Å². The van der Waals surface area contributed by atoms with Gasteiger partial charge in [-0.15, -0.1) is 0 Å². The molecule has 0 aliphatic carbocycles. The number of hydrogen-bond donors (Lipinski definition) is 3. The van der Waals surface area contributed by atoms with Crippen molar-refractivity contribution in [3.05, 3.63) is 29.8 Å². The third-order valence-electron chi connectivity index (χ3n) is 3.39. The van der Waals surface area contributed by atoms with E-state index in [-0.39, 0.29) is 35.5 Å². The van der Waals surface area contributed by atoms with Crippen LogP contribution in [-0.2, 0) is 19.6 Å². The van der Waals surface area contributed by atoms with E-state index in [1.165, 1.54) is 6.07 Å². The zero-order chi connectivity index (χ0) is 17.7. The molecule has 9 heteroatoms. The molecular weight excluding hydrogens is 332 g/mol. The van der Waals surface area contributed by atoms with Crippen LogP contribution in [-0.4, -0.2) is 45.2 Å². The van der Waals surface area contributed by atoms with Gasteiger partial charge in [-0.25, -0.2) is 8.42 Å². The van der Waals surface area contributed by atoms with Crippen molar-refractivity contribution >= 4 is 27.7 Å². The highest BCUT2D eigenvalue weighted by Crippen LogP contribution is 2.22. The van der Waals surface area contributed by atoms with Crippen LogP contribution in [0.5, 0.6) is 0 Å². The maximum atomic E-state index is 11.9. The summed E-state index contributed by atoms with van der Waals surface area (Å²) in [7, 11) is -3.58. The smallest absolute Gasteiger partial charge is 0.263 e. The van der Waals surface area contributed by atoms with E-state index in [1.807, 2.05) is 0 Å². The SMILES string of the molecule is CCNC(=O)[C@H](C)NC(=O)CCN=C1NS(=O)(=O)c2ccccc21. The minimum Gasteiger partial charge on any atom is -0.355 e. The molecule has 1 aromatic rings. The zero-order valence-electron chi connectivity index (χ0n) is 13.5. The van der Waals surface area contributed by atoms with Crippen LogP contribution >= 0.6 is 0 Å². The van der Waals surface area contributed by atoms with Crippen LogP contribution in [0.4, 0.5) is 0 Å². The Balaban J connectivity index is 1.94. The minimum atomic E-state index is -3.58. The minimum absolute atomic E-state index is 0.0527. The van der Waals surface area contributed by atoms with Crippen LogP contribution in [0.25, 0.3) is 0 Å². The van der Waals surface area contributed by atoms with E-state index < -0.39 is 16.1 Å². The molecule has 0 saturated heterocycles. The summed E-state index contributed by atoms with van der Waals surface area (Å²) in [6.07, 6.45) is 0.0527. The molecule has 1 atom stereocenters. The summed E-state index contributed by atoms with van der Waals surface area (Å²) in [5, 5.41) is 5.18. The van der Waals surface area contributed by atoms with Crippen molar-refractivity contribution in [2.75, 3.05) is 13.1 Å². The number of amidine groups is 1. The van der Waals surface area contributed by atoms with E-state index in [0.717, 1.165) is 0 Å². The van der Waals surface area contributed by atoms with E-state index in [0.29, 0.717) is 12.1 Å². The Labute approximate surface area is 140 Å². The first-order valence-corrected chi connectivity index (χ1v) is 9.07. The molecule has 2 rings (SSSR count). The second-order valence-corrected chi connectivity index (χ2v) is 6.92. The first-order valence-electron chi connectivity index (χ1n) is 7.59. The second-order valence-electron chi connectivity index (χ2n) is 5.27. The highest BCUT2D eigenvalue weighted by atomic mass is 32.2. The van der Waals surface area contributed by atoms with Crippen molar-refractivity contribution in [1.29, 1.82) is 0 Å². The van der Waals surface area contributed by atoms with Crippen molar-refractivity contribution in [3.63, 3.8) is 0 Å². The third-order valence-corrected chi connectivity index (χ3v) is 4.79. The zero-order valence-corrected chi connectivity index (χ0v) is 14.3. The molecule has 0 bridgehead atoms. The predicted octanol–water partition coefficient (Wildman–Crippen LogP) is -0.244. The van der Waals surface area contributed by atoms with Gasteiger partial charge in [0.15, 0.2) is 0 Å². The van der Waals surface area contributed by atoms with Gasteiger partial charge in [-0.2, -0.15) is 0 Å². The molecule has 8 nitrogen and oxygen atoms in total. The van der Waals surface area contributed by atoms with Crippen LogP contribution in [0.3, 0.4) is 0 Å². The van der Waals surface area contributed by atoms with E-state index in [9.17, 15) is 18.0 Å². The molecule has 0 fully saturated rings. The summed E-state index contributed by atoms with van der Waals surface area (Å²) in [5.41, 5.74) is 0.494. The Hall–Kier alpha value is -2.42. The molecule has 0 radical (unpaired) electrons. The molecule has 0 unspecified atom stereocenters. The van der Waals surface area contributed by atoms with Gasteiger partial charge in [-0.05, 0) is 26.0 Å². The lowest BCUT2D eigenvalue weighted by Gasteiger charge is -2.12. The van der Waals surface area contributed by atoms with Crippen molar-refractivity contribution in [3.8, 4) is 0 Å². The number of fused-ring (bicyclic) bond motifs is 1. The lowest BCUT2D eigenvalue weighted by Crippen LogP contribution is -2.44. The summed E-state index contributed by atoms with van der Waals surface area (Å²) < 4.78 is 26.2. The van der Waals surface area contributed by atoms with Gasteiger partial charge in [-0.3, -0.25) is 19.3 Å². The van der Waals surface area contributed by atoms with Crippen LogP contribution < -0.4 is 15.4 Å². The van der Waals surface area contributed by atoms with Gasteiger partial charge in [0.1, 0.15) is 11.9 Å². The van der Waals surface area contributed by atoms with E-state index in [2.05, 4.69) is 20.3 Å². The normalized spacial score (nSPS) is 17.7. The van der Waals surface area contributed by atoms with Crippen LogP contribution in [0.15, 0.2) is 34.2 Å². The summed E-state index contributed by atoms with van der Waals surface area (Å²) >= 11 is 0. The number of hydrogen-bond acceptors (Lipinski definition) is 5. The molecule has 1 heterocycles. The number of nitrogens with one attached hydrogen (secondary N) is 3. The van der Waals surface area contributed by atoms with Gasteiger partial charge in [0.05, 0.1) is 11.4 Å². The van der Waals surface area contributed by atoms with Crippen molar-refractivity contribution in [1.82, 2.24) is 15.4 Å². The quantitative estimate of drug-likeness (QED) is 0.655. The van der Waals surface area contributed by atoms with Gasteiger partial charge in [0.2, 0.25) is 11.8 Å². The number of likely N-dealkylation sites (N-methyl/N-ethyl adjacent to an activating group) is 1. The fourth-order valence-electron chi connectivity index (χ4n) is 2.23. The Morgan fingerprint density at radius 3 is 2.71 bits per heavy atom. The largest absolute Gasteiger partial charge is 0.355 e. The lowest BCUT2D eigenvalue weighted by molar-refractivity contribution is -0.128. The maximum absolute atomic E-state index is 11.9. The number of sulfonamides is 1. The second kappa shape index (κ2) is 7.43. The van der Waals surface area contributed by atoms with Gasteiger partial charge in [0, 0.05) is 18.5 Å². The number of benzene rings is 1. The molecule has 130 valence electrons. The summed E-state index contributed by atoms with van der Waals surface area (Å²) in [4.78, 5) is 27.7. The van der Waals surface area contributed by atoms with Crippen LogP contribution in [0, 0.1) is 0 Å². The molecule has 1 aliphatic heterocycles. The van der Waals surface area contributed by atoms with Crippen molar-refractivity contribution < 1.29 is 18.0 Å². The van der Waals surface area contributed by atoms with Gasteiger partial charge >= 0.3 is 0 Å². The van der Waals surface area contributed by atoms with E-state index in [1.54, 1.807) is 32.0 Å². The molecule has 2 amide bonds. The molecule has 3 N–H and O–H groups in total. The predicted molar refractivity (Wildman–Crippen MR) is 89.1 cm³/mol. The summed E-state index contributed by atoms with van der Waals surface area (Å²) in [6, 6.07) is 5.88. The van der Waals surface area contributed by atoms with Gasteiger partial charge < -0.3 is 10.6 Å². The lowest BCUT2D eigenvalue weighted by atomic mass is 10.2. The molecular formula is C15H20N4O4S. The van der Waals surface area contributed by atoms with Gasteiger partial charge in [-0.1, -0.05) is 12.1 Å². The fourth-order valence-corrected chi connectivity index (χ4v) is 3.48. The molecule has 0 aromatic heterocycles. The Morgan fingerprint density at radius 2 is 2.00 bits per heavy atom. The molecule has 0 spiro atoms. The Bertz CT molecular complexity index is 773. The summed E-state index contributed by atoms with van der Waals surface area (Å²) in [6.45, 7) is 3.99. The number of rotatable bonds is 6. The first kappa shape index (κ1) is 17.9. The summed E-state index contributed by atoms with van der Waals surface area (Å²) in [5.74, 6) is -0.350. The average molecular weight is 352 g/mol. The first-order chi connectivity index (χ1) is 11.3. The fraction of sp³-hybridized carbons (Fsp3) is 0.400. The highest BCUT2D eigenvalue weighted by Gasteiger charge is 2.29. The van der Waals surface area contributed by atoms with E-state index >= 15 is 0 Å². The highest BCUT2D eigenvalue weighted by molar-refractivity contribution is 7.90. The number of carbonyl (C=O) groups is 2. The number of aliphatic imine (C=N–C) groups is 1. The third kappa shape index (κ3) is 4.10. The van der Waals surface area contributed by atoms with Crippen molar-refractivity contribution in [2.24, 2.45) is 4.99 Å². The average Bonchev–Trinajstić information content (AvgIpc) is 2.79. The van der Waals surface area contributed by atoms with E-state index in [4.69, 9.17) is 0 Å². The van der Waals surface area contributed by atoms with Gasteiger partial charge in [0.25, 0.3) is 10.0 Å². The monoisotopic (exact) mass is 352 g/mol.